The second kappa shape index (κ2) is 8.67. The molecule has 0 aliphatic rings. The molecule has 33 heavy (non-hydrogen) atoms. The van der Waals surface area contributed by atoms with E-state index in [0.717, 1.165) is 11.1 Å². The minimum Gasteiger partial charge on any atom is -0.478 e. The zero-order chi connectivity index (χ0) is 23.9. The van der Waals surface area contributed by atoms with E-state index in [0.29, 0.717) is 38.9 Å². The van der Waals surface area contributed by atoms with Crippen LogP contribution < -0.4 is 10.9 Å². The molecule has 3 heterocycles. The van der Waals surface area contributed by atoms with Crippen molar-refractivity contribution in [3.8, 4) is 11.3 Å². The molecule has 0 aliphatic heterocycles. The summed E-state index contributed by atoms with van der Waals surface area (Å²) in [5, 5.41) is 13.3. The maximum absolute atomic E-state index is 13.3. The first-order chi connectivity index (χ1) is 15.7. The van der Waals surface area contributed by atoms with Crippen LogP contribution in [-0.2, 0) is 0 Å². The van der Waals surface area contributed by atoms with Gasteiger partial charge in [-0.2, -0.15) is 0 Å². The number of fused-ring (bicyclic) bond motifs is 1. The zero-order valence-corrected chi connectivity index (χ0v) is 19.4. The Hall–Kier alpha value is -3.71. The van der Waals surface area contributed by atoms with Gasteiger partial charge in [-0.3, -0.25) is 14.2 Å². The number of aromatic carboxylic acids is 1. The van der Waals surface area contributed by atoms with Crippen molar-refractivity contribution >= 4 is 28.9 Å². The number of anilines is 1. The molecule has 0 bridgehead atoms. The van der Waals surface area contributed by atoms with Gasteiger partial charge >= 0.3 is 5.97 Å². The Morgan fingerprint density at radius 2 is 1.91 bits per heavy atom. The van der Waals surface area contributed by atoms with Crippen LogP contribution in [-0.4, -0.2) is 25.4 Å². The van der Waals surface area contributed by atoms with Crippen molar-refractivity contribution in [1.82, 2.24) is 14.4 Å². The van der Waals surface area contributed by atoms with Gasteiger partial charge in [0.05, 0.1) is 28.0 Å². The maximum atomic E-state index is 13.3. The van der Waals surface area contributed by atoms with E-state index >= 15 is 0 Å². The van der Waals surface area contributed by atoms with Crippen molar-refractivity contribution < 1.29 is 9.90 Å². The summed E-state index contributed by atoms with van der Waals surface area (Å²) in [6.45, 7) is 7.35. The summed E-state index contributed by atoms with van der Waals surface area (Å²) >= 11 is 6.28. The van der Waals surface area contributed by atoms with Crippen molar-refractivity contribution in [2.24, 2.45) is 0 Å². The second-order valence-corrected chi connectivity index (χ2v) is 8.47. The van der Waals surface area contributed by atoms with Crippen molar-refractivity contribution in [3.05, 3.63) is 92.1 Å². The second-order valence-electron chi connectivity index (χ2n) is 8.06. The highest BCUT2D eigenvalue weighted by molar-refractivity contribution is 6.31. The number of nitrogens with zero attached hydrogens (tertiary/aromatic N) is 3. The van der Waals surface area contributed by atoms with Gasteiger partial charge in [0.2, 0.25) is 0 Å². The molecule has 1 aromatic carbocycles. The standard InChI is InChI=1S/C25H23ClN4O3/c1-13-9-19(15(3)28-21-8-6-5-7-18(21)25(32)33)23-29-22(14(2)24(31)30(23)12-13)17-10-20(26)16(4)27-11-17/h5-12,15,28H,1-4H3,(H,32,33). The Balaban J connectivity index is 1.90. The first kappa shape index (κ1) is 22.5. The Morgan fingerprint density at radius 1 is 1.18 bits per heavy atom. The van der Waals surface area contributed by atoms with Gasteiger partial charge in [0.25, 0.3) is 5.56 Å². The lowest BCUT2D eigenvalue weighted by molar-refractivity contribution is 0.0698. The molecule has 0 spiro atoms. The number of rotatable bonds is 5. The van der Waals surface area contributed by atoms with Crippen LogP contribution in [0.4, 0.5) is 5.69 Å². The smallest absolute Gasteiger partial charge is 0.337 e. The maximum Gasteiger partial charge on any atom is 0.337 e. The van der Waals surface area contributed by atoms with E-state index in [-0.39, 0.29) is 17.2 Å². The summed E-state index contributed by atoms with van der Waals surface area (Å²) in [4.78, 5) is 34.1. The highest BCUT2D eigenvalue weighted by Crippen LogP contribution is 2.28. The van der Waals surface area contributed by atoms with E-state index in [1.807, 2.05) is 26.8 Å². The van der Waals surface area contributed by atoms with Crippen LogP contribution in [0.3, 0.4) is 0 Å². The zero-order valence-electron chi connectivity index (χ0n) is 18.7. The SMILES string of the molecule is Cc1cc(C(C)Nc2ccccc2C(=O)O)c2nc(-c3cnc(C)c(Cl)c3)c(C)c(=O)n2c1. The fourth-order valence-corrected chi connectivity index (χ4v) is 4.00. The van der Waals surface area contributed by atoms with Gasteiger partial charge in [-0.05, 0) is 57.5 Å². The third-order valence-electron chi connectivity index (χ3n) is 5.61. The van der Waals surface area contributed by atoms with E-state index in [9.17, 15) is 14.7 Å². The monoisotopic (exact) mass is 462 g/mol. The number of carboxylic acid groups (broad SMARTS) is 1. The fraction of sp³-hybridized carbons (Fsp3) is 0.200. The summed E-state index contributed by atoms with van der Waals surface area (Å²) in [6.07, 6.45) is 3.41. The largest absolute Gasteiger partial charge is 0.478 e. The van der Waals surface area contributed by atoms with Crippen LogP contribution in [0.15, 0.2) is 53.6 Å². The number of hydrogen-bond donors (Lipinski definition) is 2. The van der Waals surface area contributed by atoms with Gasteiger partial charge in [0.15, 0.2) is 0 Å². The van der Waals surface area contributed by atoms with Crippen molar-refractivity contribution in [2.45, 2.75) is 33.7 Å². The molecule has 0 saturated carbocycles. The van der Waals surface area contributed by atoms with Gasteiger partial charge in [0.1, 0.15) is 5.65 Å². The Morgan fingerprint density at radius 3 is 2.61 bits per heavy atom. The molecule has 3 aromatic heterocycles. The van der Waals surface area contributed by atoms with Gasteiger partial charge in [-0.1, -0.05) is 23.7 Å². The van der Waals surface area contributed by atoms with E-state index in [4.69, 9.17) is 16.6 Å². The first-order valence-corrected chi connectivity index (χ1v) is 10.8. The summed E-state index contributed by atoms with van der Waals surface area (Å²) in [5.74, 6) is -1.02. The topological polar surface area (TPSA) is 96.6 Å². The number of aryl methyl sites for hydroxylation is 2. The molecule has 0 aliphatic carbocycles. The molecule has 1 unspecified atom stereocenters. The van der Waals surface area contributed by atoms with Crippen LogP contribution in [0.1, 0.15) is 45.7 Å². The molecule has 168 valence electrons. The van der Waals surface area contributed by atoms with Crippen LogP contribution in [0.25, 0.3) is 16.9 Å². The fourth-order valence-electron chi connectivity index (χ4n) is 3.84. The van der Waals surface area contributed by atoms with Crippen LogP contribution >= 0.6 is 11.6 Å². The van der Waals surface area contributed by atoms with E-state index in [1.165, 1.54) is 4.40 Å². The number of carboxylic acids is 1. The van der Waals surface area contributed by atoms with Crippen LogP contribution in [0.2, 0.25) is 5.02 Å². The number of nitrogens with one attached hydrogen (secondary N) is 1. The lowest BCUT2D eigenvalue weighted by Crippen LogP contribution is -2.22. The molecule has 0 amide bonds. The highest BCUT2D eigenvalue weighted by atomic mass is 35.5. The molecule has 4 rings (SSSR count). The van der Waals surface area contributed by atoms with Crippen LogP contribution in [0, 0.1) is 20.8 Å². The number of aromatic nitrogens is 3. The van der Waals surface area contributed by atoms with E-state index < -0.39 is 5.97 Å². The normalized spacial score (nSPS) is 12.0. The molecular formula is C25H23ClN4O3. The Kier molecular flexibility index (Phi) is 5.91. The predicted octanol–water partition coefficient (Wildman–Crippen LogP) is 5.21. The first-order valence-electron chi connectivity index (χ1n) is 10.4. The molecule has 1 atom stereocenters. The third kappa shape index (κ3) is 4.19. The highest BCUT2D eigenvalue weighted by Gasteiger charge is 2.19. The third-order valence-corrected chi connectivity index (χ3v) is 5.99. The number of para-hydroxylation sites is 1. The quantitative estimate of drug-likeness (QED) is 0.422. The van der Waals surface area contributed by atoms with Crippen molar-refractivity contribution in [2.75, 3.05) is 5.32 Å². The lowest BCUT2D eigenvalue weighted by Gasteiger charge is -2.20. The number of halogens is 1. The lowest BCUT2D eigenvalue weighted by atomic mass is 10.0. The Bertz CT molecular complexity index is 1460. The summed E-state index contributed by atoms with van der Waals surface area (Å²) in [7, 11) is 0. The van der Waals surface area contributed by atoms with Gasteiger partial charge in [-0.15, -0.1) is 0 Å². The molecule has 0 radical (unpaired) electrons. The minimum absolute atomic E-state index is 0.170. The number of hydrogen-bond acceptors (Lipinski definition) is 5. The molecule has 8 heteroatoms. The molecule has 7 nitrogen and oxygen atoms in total. The van der Waals surface area contributed by atoms with Crippen molar-refractivity contribution in [3.63, 3.8) is 0 Å². The molecule has 2 N–H and O–H groups in total. The van der Waals surface area contributed by atoms with Crippen molar-refractivity contribution in [1.29, 1.82) is 0 Å². The molecule has 0 saturated heterocycles. The molecular weight excluding hydrogens is 440 g/mol. The van der Waals surface area contributed by atoms with E-state index in [2.05, 4.69) is 10.3 Å². The van der Waals surface area contributed by atoms with Gasteiger partial charge in [0, 0.05) is 34.8 Å². The average molecular weight is 463 g/mol. The number of carbonyl (C=O) groups is 1. The number of benzene rings is 1. The molecule has 4 aromatic rings. The van der Waals surface area contributed by atoms with Crippen LogP contribution in [0.5, 0.6) is 0 Å². The summed E-state index contributed by atoms with van der Waals surface area (Å²) in [6, 6.07) is 10.1. The summed E-state index contributed by atoms with van der Waals surface area (Å²) in [5.41, 5.74) is 4.96. The predicted molar refractivity (Wildman–Crippen MR) is 129 cm³/mol. The Labute approximate surface area is 195 Å². The van der Waals surface area contributed by atoms with Gasteiger partial charge < -0.3 is 10.4 Å². The number of pyridine rings is 2. The summed E-state index contributed by atoms with van der Waals surface area (Å²) < 4.78 is 1.54. The van der Waals surface area contributed by atoms with Gasteiger partial charge in [-0.25, -0.2) is 9.78 Å². The molecule has 0 fully saturated rings. The van der Waals surface area contributed by atoms with E-state index in [1.54, 1.807) is 49.6 Å². The average Bonchev–Trinajstić information content (AvgIpc) is 2.78. The minimum atomic E-state index is -1.02.